The molecule has 2 aromatic heterocycles. The summed E-state index contributed by atoms with van der Waals surface area (Å²) >= 11 is 1.52. The van der Waals surface area contributed by atoms with Crippen LogP contribution in [-0.4, -0.2) is 30.7 Å². The molecule has 0 aliphatic heterocycles. The number of nitrogens with one attached hydrogen (secondary N) is 1. The Kier molecular flexibility index (Phi) is 6.49. The topological polar surface area (TPSA) is 72.0 Å². The van der Waals surface area contributed by atoms with E-state index in [1.54, 1.807) is 6.20 Å². The highest BCUT2D eigenvalue weighted by molar-refractivity contribution is 7.89. The number of thiazole rings is 1. The molecule has 0 radical (unpaired) electrons. The molecule has 2 heterocycles. The minimum atomic E-state index is -3.25. The Morgan fingerprint density at radius 1 is 0.962 bits per heavy atom. The molecule has 1 N–H and O–H groups in total. The van der Waals surface area contributed by atoms with Gasteiger partial charge in [0.1, 0.15) is 0 Å². The van der Waals surface area contributed by atoms with Crippen LogP contribution in [0.3, 0.4) is 0 Å². The van der Waals surface area contributed by atoms with Crippen LogP contribution in [-0.2, 0) is 22.9 Å². The van der Waals surface area contributed by atoms with Gasteiger partial charge in [-0.05, 0) is 30.5 Å². The first-order valence-corrected chi connectivity index (χ1v) is 11.0. The molecule has 0 spiro atoms. The van der Waals surface area contributed by atoms with Crippen LogP contribution in [0.1, 0.15) is 17.0 Å². The van der Waals surface area contributed by atoms with E-state index in [9.17, 15) is 8.42 Å². The third-order valence-corrected chi connectivity index (χ3v) is 6.24. The normalized spacial score (nSPS) is 11.5. The van der Waals surface area contributed by atoms with E-state index in [1.165, 1.54) is 11.3 Å². The number of benzene rings is 1. The lowest BCUT2D eigenvalue weighted by molar-refractivity contribution is 0.579. The summed E-state index contributed by atoms with van der Waals surface area (Å²) in [4.78, 5) is 8.80. The van der Waals surface area contributed by atoms with Gasteiger partial charge in [-0.15, -0.1) is 11.3 Å². The van der Waals surface area contributed by atoms with Crippen molar-refractivity contribution in [2.45, 2.75) is 19.3 Å². The van der Waals surface area contributed by atoms with E-state index in [-0.39, 0.29) is 5.75 Å². The van der Waals surface area contributed by atoms with Crippen molar-refractivity contribution < 1.29 is 8.42 Å². The summed E-state index contributed by atoms with van der Waals surface area (Å²) in [6, 6.07) is 15.6. The van der Waals surface area contributed by atoms with Crippen molar-refractivity contribution in [2.75, 3.05) is 12.3 Å². The molecule has 26 heavy (non-hydrogen) atoms. The fourth-order valence-electron chi connectivity index (χ4n) is 2.55. The van der Waals surface area contributed by atoms with E-state index < -0.39 is 10.0 Å². The monoisotopic (exact) mass is 387 g/mol. The smallest absolute Gasteiger partial charge is 0.211 e. The van der Waals surface area contributed by atoms with Gasteiger partial charge in [-0.25, -0.2) is 18.1 Å². The Bertz CT molecular complexity index is 910. The van der Waals surface area contributed by atoms with Gasteiger partial charge in [-0.3, -0.25) is 4.98 Å². The molecule has 0 atom stereocenters. The summed E-state index contributed by atoms with van der Waals surface area (Å²) in [5.74, 6) is 0.138. The molecular weight excluding hydrogens is 366 g/mol. The quantitative estimate of drug-likeness (QED) is 0.611. The highest BCUT2D eigenvalue weighted by atomic mass is 32.2. The Hall–Kier alpha value is -2.09. The predicted octanol–water partition coefficient (Wildman–Crippen LogP) is 3.30. The van der Waals surface area contributed by atoms with Crippen molar-refractivity contribution in [3.8, 4) is 11.4 Å². The molecule has 7 heteroatoms. The van der Waals surface area contributed by atoms with Gasteiger partial charge in [0.2, 0.25) is 10.0 Å². The third-order valence-electron chi connectivity index (χ3n) is 3.86. The summed E-state index contributed by atoms with van der Waals surface area (Å²) in [6.07, 6.45) is 3.69. The lowest BCUT2D eigenvalue weighted by Gasteiger charge is -2.06. The summed E-state index contributed by atoms with van der Waals surface area (Å²) in [6.45, 7) is 0.364. The molecule has 5 nitrogen and oxygen atoms in total. The van der Waals surface area contributed by atoms with Gasteiger partial charge in [0, 0.05) is 24.5 Å². The number of rotatable bonds is 9. The van der Waals surface area contributed by atoms with Gasteiger partial charge in [0.25, 0.3) is 0 Å². The maximum Gasteiger partial charge on any atom is 0.211 e. The van der Waals surface area contributed by atoms with Gasteiger partial charge in [0.05, 0.1) is 22.1 Å². The Labute approximate surface area is 158 Å². The van der Waals surface area contributed by atoms with Gasteiger partial charge in [-0.2, -0.15) is 0 Å². The van der Waals surface area contributed by atoms with Crippen molar-refractivity contribution >= 4 is 21.4 Å². The van der Waals surface area contributed by atoms with E-state index in [1.807, 2.05) is 53.9 Å². The van der Waals surface area contributed by atoms with Gasteiger partial charge in [0.15, 0.2) is 0 Å². The molecule has 1 aromatic carbocycles. The van der Waals surface area contributed by atoms with Crippen LogP contribution in [0.25, 0.3) is 11.4 Å². The molecule has 0 fully saturated rings. The summed E-state index contributed by atoms with van der Waals surface area (Å²) in [7, 11) is -3.25. The number of aromatic nitrogens is 2. The van der Waals surface area contributed by atoms with E-state index in [4.69, 9.17) is 0 Å². The first-order valence-electron chi connectivity index (χ1n) is 8.49. The van der Waals surface area contributed by atoms with E-state index in [2.05, 4.69) is 14.7 Å². The number of pyridine rings is 1. The van der Waals surface area contributed by atoms with Crippen LogP contribution < -0.4 is 4.72 Å². The van der Waals surface area contributed by atoms with Crippen molar-refractivity contribution in [1.82, 2.24) is 14.7 Å². The molecule has 3 aromatic rings. The van der Waals surface area contributed by atoms with Gasteiger partial charge in [-0.1, -0.05) is 36.4 Å². The molecular formula is C19H21N3O2S2. The highest BCUT2D eigenvalue weighted by Crippen LogP contribution is 2.19. The summed E-state index contributed by atoms with van der Waals surface area (Å²) < 4.78 is 26.9. The van der Waals surface area contributed by atoms with Crippen LogP contribution in [0.15, 0.2) is 60.1 Å². The molecule has 0 saturated carbocycles. The Morgan fingerprint density at radius 2 is 1.77 bits per heavy atom. The molecule has 0 aliphatic carbocycles. The highest BCUT2D eigenvalue weighted by Gasteiger charge is 2.11. The second kappa shape index (κ2) is 9.02. The molecule has 136 valence electrons. The maximum atomic E-state index is 12.1. The largest absolute Gasteiger partial charge is 0.255 e. The number of aryl methyl sites for hydroxylation is 1. The average Bonchev–Trinajstić information content (AvgIpc) is 3.12. The maximum absolute atomic E-state index is 12.1. The van der Waals surface area contributed by atoms with Crippen LogP contribution in [0.5, 0.6) is 0 Å². The van der Waals surface area contributed by atoms with Crippen molar-refractivity contribution in [3.63, 3.8) is 0 Å². The number of nitrogens with zero attached hydrogens (tertiary/aromatic N) is 2. The minimum Gasteiger partial charge on any atom is -0.255 e. The Balaban J connectivity index is 1.43. The summed E-state index contributed by atoms with van der Waals surface area (Å²) in [5, 5.41) is 2.85. The first kappa shape index (κ1) is 18.7. The Morgan fingerprint density at radius 3 is 2.54 bits per heavy atom. The fraction of sp³-hybridized carbons (Fsp3) is 0.263. The lowest BCUT2D eigenvalue weighted by atomic mass is 10.1. The van der Waals surface area contributed by atoms with Crippen molar-refractivity contribution in [1.29, 1.82) is 0 Å². The molecule has 0 bridgehead atoms. The number of sulfonamides is 1. The SMILES string of the molecule is O=S(=O)(CCCc1ccccc1)NCCc1nc(-c2ccccn2)cs1. The van der Waals surface area contributed by atoms with Crippen molar-refractivity contribution in [2.24, 2.45) is 0 Å². The second-order valence-corrected chi connectivity index (χ2v) is 8.76. The van der Waals surface area contributed by atoms with Crippen LogP contribution in [0.4, 0.5) is 0 Å². The van der Waals surface area contributed by atoms with E-state index >= 15 is 0 Å². The standard InChI is InChI=1S/C19H21N3O2S2/c23-26(24,14-6-9-16-7-2-1-3-8-16)21-13-11-19-22-18(15-25-19)17-10-4-5-12-20-17/h1-5,7-8,10,12,15,21H,6,9,11,13-14H2. The molecule has 0 unspecified atom stereocenters. The zero-order chi connectivity index (χ0) is 18.2. The molecule has 0 amide bonds. The zero-order valence-corrected chi connectivity index (χ0v) is 16.0. The fourth-order valence-corrected chi connectivity index (χ4v) is 4.43. The molecule has 0 aliphatic rings. The van der Waals surface area contributed by atoms with E-state index in [0.717, 1.165) is 28.4 Å². The molecule has 3 rings (SSSR count). The lowest BCUT2D eigenvalue weighted by Crippen LogP contribution is -2.28. The van der Waals surface area contributed by atoms with Crippen LogP contribution in [0.2, 0.25) is 0 Å². The predicted molar refractivity (Wildman–Crippen MR) is 106 cm³/mol. The van der Waals surface area contributed by atoms with Gasteiger partial charge < -0.3 is 0 Å². The average molecular weight is 388 g/mol. The summed E-state index contributed by atoms with van der Waals surface area (Å²) in [5.41, 5.74) is 2.82. The van der Waals surface area contributed by atoms with Crippen molar-refractivity contribution in [3.05, 3.63) is 70.7 Å². The third kappa shape index (κ3) is 5.72. The van der Waals surface area contributed by atoms with E-state index in [0.29, 0.717) is 19.4 Å². The first-order chi connectivity index (χ1) is 12.6. The molecule has 0 saturated heterocycles. The van der Waals surface area contributed by atoms with Crippen LogP contribution >= 0.6 is 11.3 Å². The van der Waals surface area contributed by atoms with Gasteiger partial charge >= 0.3 is 0 Å². The zero-order valence-electron chi connectivity index (χ0n) is 14.3. The number of hydrogen-bond acceptors (Lipinski definition) is 5. The minimum absolute atomic E-state index is 0.138. The second-order valence-electron chi connectivity index (χ2n) is 5.89. The van der Waals surface area contributed by atoms with Crippen LogP contribution in [0, 0.1) is 0 Å². The number of hydrogen-bond donors (Lipinski definition) is 1.